The minimum Gasteiger partial charge on any atom is -0.493 e. The number of likely N-dealkylation sites (tertiary alicyclic amines) is 1. The maximum absolute atomic E-state index is 12.4. The van der Waals surface area contributed by atoms with Crippen LogP contribution in [0.2, 0.25) is 0 Å². The van der Waals surface area contributed by atoms with Gasteiger partial charge >= 0.3 is 0 Å². The van der Waals surface area contributed by atoms with Crippen LogP contribution in [0.5, 0.6) is 11.5 Å². The molecule has 1 aromatic heterocycles. The molecule has 8 heteroatoms. The van der Waals surface area contributed by atoms with Gasteiger partial charge in [-0.05, 0) is 25.0 Å². The van der Waals surface area contributed by atoms with E-state index in [1.807, 2.05) is 17.5 Å². The average molecular weight is 375 g/mol. The number of thiazole rings is 1. The summed E-state index contributed by atoms with van der Waals surface area (Å²) in [4.78, 5) is 30.4. The molecule has 1 fully saturated rings. The molecule has 138 valence electrons. The summed E-state index contributed by atoms with van der Waals surface area (Å²) in [6.07, 6.45) is 2.93. The first-order valence-corrected chi connectivity index (χ1v) is 9.29. The van der Waals surface area contributed by atoms with E-state index in [9.17, 15) is 9.59 Å². The third-order valence-corrected chi connectivity index (χ3v) is 4.99. The number of hydrogen-bond acceptors (Lipinski definition) is 6. The van der Waals surface area contributed by atoms with Gasteiger partial charge in [0.05, 0.1) is 7.11 Å². The highest BCUT2D eigenvalue weighted by Crippen LogP contribution is 2.26. The molecule has 0 atom stereocenters. The van der Waals surface area contributed by atoms with E-state index >= 15 is 0 Å². The lowest BCUT2D eigenvalue weighted by atomic mass is 9.96. The summed E-state index contributed by atoms with van der Waals surface area (Å²) in [7, 11) is 1.56. The summed E-state index contributed by atoms with van der Waals surface area (Å²) >= 11 is 1.39. The number of carbonyl (C=O) groups excluding carboxylic acids is 2. The lowest BCUT2D eigenvalue weighted by Gasteiger charge is -2.31. The molecule has 1 N–H and O–H groups in total. The molecule has 0 radical (unpaired) electrons. The smallest absolute Gasteiger partial charge is 0.260 e. The molecule has 1 aliphatic rings. The molecule has 0 bridgehead atoms. The van der Waals surface area contributed by atoms with Gasteiger partial charge in [-0.1, -0.05) is 12.1 Å². The lowest BCUT2D eigenvalue weighted by Crippen LogP contribution is -2.43. The van der Waals surface area contributed by atoms with Crippen molar-refractivity contribution >= 4 is 28.3 Å². The van der Waals surface area contributed by atoms with Gasteiger partial charge in [0.1, 0.15) is 0 Å². The Kier molecular flexibility index (Phi) is 6.06. The van der Waals surface area contributed by atoms with Crippen LogP contribution in [-0.2, 0) is 9.59 Å². The van der Waals surface area contributed by atoms with E-state index in [0.717, 1.165) is 0 Å². The maximum atomic E-state index is 12.4. The number of anilines is 1. The van der Waals surface area contributed by atoms with Crippen LogP contribution in [0.3, 0.4) is 0 Å². The lowest BCUT2D eigenvalue weighted by molar-refractivity contribution is -0.136. The second-order valence-electron chi connectivity index (χ2n) is 5.92. The number of rotatable bonds is 6. The van der Waals surface area contributed by atoms with E-state index in [2.05, 4.69) is 10.3 Å². The number of nitrogens with zero attached hydrogens (tertiary/aromatic N) is 2. The van der Waals surface area contributed by atoms with Crippen LogP contribution < -0.4 is 14.8 Å². The van der Waals surface area contributed by atoms with E-state index in [0.29, 0.717) is 42.6 Å². The van der Waals surface area contributed by atoms with Gasteiger partial charge in [-0.2, -0.15) is 0 Å². The van der Waals surface area contributed by atoms with Crippen molar-refractivity contribution in [2.24, 2.45) is 5.92 Å². The van der Waals surface area contributed by atoms with Crippen molar-refractivity contribution in [1.29, 1.82) is 0 Å². The molecule has 0 unspecified atom stereocenters. The summed E-state index contributed by atoms with van der Waals surface area (Å²) in [5.41, 5.74) is 0. The first-order valence-electron chi connectivity index (χ1n) is 8.41. The van der Waals surface area contributed by atoms with Gasteiger partial charge in [0.15, 0.2) is 23.2 Å². The van der Waals surface area contributed by atoms with E-state index in [1.165, 1.54) is 11.3 Å². The second kappa shape index (κ2) is 8.66. The van der Waals surface area contributed by atoms with Crippen molar-refractivity contribution in [3.8, 4) is 11.5 Å². The van der Waals surface area contributed by atoms with E-state index < -0.39 is 0 Å². The molecule has 2 aromatic rings. The van der Waals surface area contributed by atoms with Gasteiger partial charge in [-0.25, -0.2) is 4.98 Å². The molecular weight excluding hydrogens is 354 g/mol. The molecule has 7 nitrogen and oxygen atoms in total. The number of methoxy groups -OCH3 is 1. The highest BCUT2D eigenvalue weighted by Gasteiger charge is 2.28. The summed E-state index contributed by atoms with van der Waals surface area (Å²) in [5, 5.41) is 5.25. The third-order valence-electron chi connectivity index (χ3n) is 4.30. The Labute approximate surface area is 155 Å². The largest absolute Gasteiger partial charge is 0.493 e. The molecule has 1 saturated heterocycles. The monoisotopic (exact) mass is 375 g/mol. The maximum Gasteiger partial charge on any atom is 0.260 e. The fourth-order valence-corrected chi connectivity index (χ4v) is 3.38. The Morgan fingerprint density at radius 3 is 2.65 bits per heavy atom. The Hall–Kier alpha value is -2.61. The number of piperidine rings is 1. The summed E-state index contributed by atoms with van der Waals surface area (Å²) < 4.78 is 10.8. The molecule has 3 rings (SSSR count). The first kappa shape index (κ1) is 18.2. The van der Waals surface area contributed by atoms with E-state index in [4.69, 9.17) is 9.47 Å². The third kappa shape index (κ3) is 4.51. The summed E-state index contributed by atoms with van der Waals surface area (Å²) in [5.74, 6) is 0.920. The van der Waals surface area contributed by atoms with Crippen molar-refractivity contribution in [2.75, 3.05) is 32.1 Å². The highest BCUT2D eigenvalue weighted by atomic mass is 32.1. The SMILES string of the molecule is COc1ccccc1OCC(=O)N1CCC(C(=O)Nc2nccs2)CC1. The van der Waals surface area contributed by atoms with Gasteiger partial charge in [-0.3, -0.25) is 9.59 Å². The standard InChI is InChI=1S/C18H21N3O4S/c1-24-14-4-2-3-5-15(14)25-12-16(22)21-9-6-13(7-10-21)17(23)20-18-19-8-11-26-18/h2-5,8,11,13H,6-7,9-10,12H2,1H3,(H,19,20,23). The zero-order chi connectivity index (χ0) is 18.4. The number of hydrogen-bond donors (Lipinski definition) is 1. The first-order chi connectivity index (χ1) is 12.7. The second-order valence-corrected chi connectivity index (χ2v) is 6.82. The molecule has 2 heterocycles. The number of carbonyl (C=O) groups is 2. The van der Waals surface area contributed by atoms with Crippen LogP contribution >= 0.6 is 11.3 Å². The van der Waals surface area contributed by atoms with Gasteiger partial charge in [-0.15, -0.1) is 11.3 Å². The van der Waals surface area contributed by atoms with Crippen molar-refractivity contribution in [1.82, 2.24) is 9.88 Å². The molecule has 1 aliphatic heterocycles. The molecule has 0 saturated carbocycles. The number of para-hydroxylation sites is 2. The van der Waals surface area contributed by atoms with Gasteiger partial charge in [0.25, 0.3) is 5.91 Å². The van der Waals surface area contributed by atoms with Gasteiger partial charge in [0, 0.05) is 30.6 Å². The van der Waals surface area contributed by atoms with Crippen molar-refractivity contribution < 1.29 is 19.1 Å². The molecular formula is C18H21N3O4S. The van der Waals surface area contributed by atoms with E-state index in [-0.39, 0.29) is 24.3 Å². The van der Waals surface area contributed by atoms with Crippen molar-refractivity contribution in [2.45, 2.75) is 12.8 Å². The molecule has 0 spiro atoms. The zero-order valence-electron chi connectivity index (χ0n) is 14.5. The van der Waals surface area contributed by atoms with Gasteiger partial charge in [0.2, 0.25) is 5.91 Å². The van der Waals surface area contributed by atoms with Crippen molar-refractivity contribution in [3.63, 3.8) is 0 Å². The summed E-state index contributed by atoms with van der Waals surface area (Å²) in [6, 6.07) is 7.22. The highest BCUT2D eigenvalue weighted by molar-refractivity contribution is 7.13. The number of amides is 2. The van der Waals surface area contributed by atoms with Gasteiger partial charge < -0.3 is 19.7 Å². The fourth-order valence-electron chi connectivity index (χ4n) is 2.85. The van der Waals surface area contributed by atoms with Crippen molar-refractivity contribution in [3.05, 3.63) is 35.8 Å². The Balaban J connectivity index is 1.45. The quantitative estimate of drug-likeness (QED) is 0.839. The van der Waals surface area contributed by atoms with Crippen LogP contribution in [0.15, 0.2) is 35.8 Å². The molecule has 0 aliphatic carbocycles. The fraction of sp³-hybridized carbons (Fsp3) is 0.389. The Morgan fingerprint density at radius 1 is 1.27 bits per heavy atom. The van der Waals surface area contributed by atoms with Crippen LogP contribution in [0.25, 0.3) is 0 Å². The minimum absolute atomic E-state index is 0.0303. The van der Waals surface area contributed by atoms with Crippen LogP contribution in [-0.4, -0.2) is 48.5 Å². The van der Waals surface area contributed by atoms with Crippen LogP contribution in [0.4, 0.5) is 5.13 Å². The summed E-state index contributed by atoms with van der Waals surface area (Å²) in [6.45, 7) is 1.05. The number of nitrogens with one attached hydrogen (secondary N) is 1. The number of benzene rings is 1. The predicted molar refractivity (Wildman–Crippen MR) is 98.5 cm³/mol. The molecule has 26 heavy (non-hydrogen) atoms. The number of aromatic nitrogens is 1. The van der Waals surface area contributed by atoms with Crippen LogP contribution in [0, 0.1) is 5.92 Å². The normalized spacial score (nSPS) is 14.7. The van der Waals surface area contributed by atoms with Crippen LogP contribution in [0.1, 0.15) is 12.8 Å². The Morgan fingerprint density at radius 2 is 2.00 bits per heavy atom. The van der Waals surface area contributed by atoms with E-state index in [1.54, 1.807) is 30.3 Å². The molecule has 1 aromatic carbocycles. The number of ether oxygens (including phenoxy) is 2. The predicted octanol–water partition coefficient (Wildman–Crippen LogP) is 2.41. The topological polar surface area (TPSA) is 80.8 Å². The average Bonchev–Trinajstić information content (AvgIpc) is 3.19. The zero-order valence-corrected chi connectivity index (χ0v) is 15.3. The Bertz CT molecular complexity index is 743. The molecule has 2 amide bonds. The minimum atomic E-state index is -0.0990.